The van der Waals surface area contributed by atoms with Crippen molar-refractivity contribution in [3.63, 3.8) is 0 Å². The van der Waals surface area contributed by atoms with Gasteiger partial charge in [0.1, 0.15) is 18.0 Å². The predicted molar refractivity (Wildman–Crippen MR) is 69.4 cm³/mol. The average molecular weight is 268 g/mol. The zero-order valence-electron chi connectivity index (χ0n) is 11.4. The van der Waals surface area contributed by atoms with Gasteiger partial charge in [0.15, 0.2) is 0 Å². The van der Waals surface area contributed by atoms with Crippen molar-refractivity contribution in [1.82, 2.24) is 0 Å². The Morgan fingerprint density at radius 1 is 1.42 bits per heavy atom. The Bertz CT molecular complexity index is 451. The number of phenolic OH excluding ortho intramolecular Hbond substituents is 1. The molecule has 19 heavy (non-hydrogen) atoms. The number of hydrogen-bond donors (Lipinski definition) is 3. The molecule has 0 fully saturated rings. The van der Waals surface area contributed by atoms with E-state index in [1.807, 2.05) is 0 Å². The summed E-state index contributed by atoms with van der Waals surface area (Å²) < 4.78 is 5.03. The van der Waals surface area contributed by atoms with Crippen LogP contribution in [0.1, 0.15) is 31.9 Å². The van der Waals surface area contributed by atoms with Crippen LogP contribution in [0.4, 0.5) is 0 Å². The maximum absolute atomic E-state index is 11.3. The quantitative estimate of drug-likeness (QED) is 0.700. The molecule has 1 aromatic rings. The number of hydrogen-bond acceptors (Lipinski definition) is 5. The van der Waals surface area contributed by atoms with E-state index in [4.69, 9.17) is 9.84 Å². The van der Waals surface area contributed by atoms with E-state index in [0.717, 1.165) is 0 Å². The summed E-state index contributed by atoms with van der Waals surface area (Å²) in [5.74, 6) is -0.661. The van der Waals surface area contributed by atoms with Gasteiger partial charge in [-0.1, -0.05) is 26.0 Å². The van der Waals surface area contributed by atoms with Gasteiger partial charge in [0.2, 0.25) is 0 Å². The molecule has 0 spiro atoms. The van der Waals surface area contributed by atoms with Crippen LogP contribution in [0.5, 0.6) is 5.75 Å². The number of esters is 1. The van der Waals surface area contributed by atoms with Gasteiger partial charge >= 0.3 is 5.97 Å². The number of benzene rings is 1. The second-order valence-electron chi connectivity index (χ2n) is 5.05. The molecular formula is C14H20O5. The molecule has 5 nitrogen and oxygen atoms in total. The molecule has 0 amide bonds. The van der Waals surface area contributed by atoms with Gasteiger partial charge in [-0.05, 0) is 18.6 Å². The fourth-order valence-electron chi connectivity index (χ4n) is 1.53. The van der Waals surface area contributed by atoms with Crippen molar-refractivity contribution in [3.05, 3.63) is 29.3 Å². The van der Waals surface area contributed by atoms with E-state index >= 15 is 0 Å². The first-order valence-electron chi connectivity index (χ1n) is 6.10. The summed E-state index contributed by atoms with van der Waals surface area (Å²) in [6.45, 7) is 4.44. The van der Waals surface area contributed by atoms with Crippen LogP contribution >= 0.6 is 0 Å². The molecule has 0 aliphatic carbocycles. The van der Waals surface area contributed by atoms with Gasteiger partial charge in [-0.2, -0.15) is 0 Å². The Kier molecular flexibility index (Phi) is 4.91. The van der Waals surface area contributed by atoms with Crippen molar-refractivity contribution in [2.75, 3.05) is 6.61 Å². The molecule has 1 atom stereocenters. The molecule has 0 bridgehead atoms. The van der Waals surface area contributed by atoms with Crippen LogP contribution in [0, 0.1) is 5.92 Å². The summed E-state index contributed by atoms with van der Waals surface area (Å²) in [7, 11) is 0. The number of carbonyl (C=O) groups excluding carboxylic acids is 1. The molecule has 0 aromatic heterocycles. The zero-order chi connectivity index (χ0) is 14.6. The summed E-state index contributed by atoms with van der Waals surface area (Å²) in [5.41, 5.74) is -0.657. The average Bonchev–Trinajstić information content (AvgIpc) is 2.35. The number of aliphatic hydroxyl groups is 2. The number of aromatic hydroxyl groups is 1. The fraction of sp³-hybridized carbons (Fsp3) is 0.500. The monoisotopic (exact) mass is 268 g/mol. The first kappa shape index (κ1) is 15.5. The second kappa shape index (κ2) is 6.04. The molecule has 0 saturated heterocycles. The van der Waals surface area contributed by atoms with Crippen molar-refractivity contribution in [1.29, 1.82) is 0 Å². The van der Waals surface area contributed by atoms with Crippen molar-refractivity contribution in [2.45, 2.75) is 33.0 Å². The molecule has 0 heterocycles. The van der Waals surface area contributed by atoms with Crippen LogP contribution in [0.25, 0.3) is 0 Å². The third-order valence-electron chi connectivity index (χ3n) is 2.80. The largest absolute Gasteiger partial charge is 0.508 e. The highest BCUT2D eigenvalue weighted by Crippen LogP contribution is 2.29. The van der Waals surface area contributed by atoms with E-state index in [1.54, 1.807) is 19.9 Å². The Hall–Kier alpha value is -1.59. The first-order valence-corrected chi connectivity index (χ1v) is 6.10. The topological polar surface area (TPSA) is 87.0 Å². The molecule has 0 aliphatic rings. The van der Waals surface area contributed by atoms with Crippen molar-refractivity contribution >= 4 is 5.97 Å². The van der Waals surface area contributed by atoms with Gasteiger partial charge < -0.3 is 20.1 Å². The lowest BCUT2D eigenvalue weighted by molar-refractivity contribution is -0.148. The third kappa shape index (κ3) is 3.94. The molecule has 0 radical (unpaired) electrons. The lowest BCUT2D eigenvalue weighted by atomic mass is 9.95. The van der Waals surface area contributed by atoms with Crippen LogP contribution in [0.15, 0.2) is 18.2 Å². The van der Waals surface area contributed by atoms with E-state index < -0.39 is 12.2 Å². The standard InChI is InChI=1S/C14H20O5/c1-9(2)13(17)19-7-10-4-5-11(12(16)6-10)14(3,18)8-15/h4-6,9,15-16,18H,7-8H2,1-3H3. The summed E-state index contributed by atoms with van der Waals surface area (Å²) >= 11 is 0. The summed E-state index contributed by atoms with van der Waals surface area (Å²) in [6, 6.07) is 4.55. The zero-order valence-corrected chi connectivity index (χ0v) is 11.4. The summed E-state index contributed by atoms with van der Waals surface area (Å²) in [6.07, 6.45) is 0. The molecule has 0 saturated carbocycles. The number of ether oxygens (including phenoxy) is 1. The number of carbonyl (C=O) groups is 1. The lowest BCUT2D eigenvalue weighted by Gasteiger charge is -2.22. The third-order valence-corrected chi connectivity index (χ3v) is 2.80. The number of rotatable bonds is 5. The highest BCUT2D eigenvalue weighted by molar-refractivity contribution is 5.71. The number of phenols is 1. The lowest BCUT2D eigenvalue weighted by Crippen LogP contribution is -2.25. The van der Waals surface area contributed by atoms with Gasteiger partial charge in [-0.25, -0.2) is 0 Å². The maximum Gasteiger partial charge on any atom is 0.308 e. The molecule has 1 rings (SSSR count). The minimum absolute atomic E-state index is 0.0616. The van der Waals surface area contributed by atoms with Gasteiger partial charge in [0.05, 0.1) is 12.5 Å². The smallest absolute Gasteiger partial charge is 0.308 e. The van der Waals surface area contributed by atoms with Crippen LogP contribution in [-0.4, -0.2) is 27.9 Å². The van der Waals surface area contributed by atoms with Crippen molar-refractivity contribution < 1.29 is 24.9 Å². The Morgan fingerprint density at radius 3 is 2.53 bits per heavy atom. The molecule has 1 unspecified atom stereocenters. The van der Waals surface area contributed by atoms with Gasteiger partial charge in [-0.3, -0.25) is 4.79 Å². The normalized spacial score (nSPS) is 14.2. The Morgan fingerprint density at radius 2 is 2.05 bits per heavy atom. The number of aliphatic hydroxyl groups excluding tert-OH is 1. The molecule has 3 N–H and O–H groups in total. The van der Waals surface area contributed by atoms with Crippen LogP contribution < -0.4 is 0 Å². The van der Waals surface area contributed by atoms with Gasteiger partial charge in [0.25, 0.3) is 0 Å². The second-order valence-corrected chi connectivity index (χ2v) is 5.05. The van der Waals surface area contributed by atoms with E-state index in [-0.39, 0.29) is 29.8 Å². The van der Waals surface area contributed by atoms with E-state index in [9.17, 15) is 15.0 Å². The Balaban J connectivity index is 2.80. The Labute approximate surface area is 112 Å². The van der Waals surface area contributed by atoms with Crippen LogP contribution in [-0.2, 0) is 21.7 Å². The highest BCUT2D eigenvalue weighted by atomic mass is 16.5. The molecule has 1 aromatic carbocycles. The van der Waals surface area contributed by atoms with E-state index in [0.29, 0.717) is 5.56 Å². The molecule has 0 aliphatic heterocycles. The van der Waals surface area contributed by atoms with Gasteiger partial charge in [0, 0.05) is 5.56 Å². The SMILES string of the molecule is CC(C)C(=O)OCc1ccc(C(C)(O)CO)c(O)c1. The molecule has 5 heteroatoms. The van der Waals surface area contributed by atoms with E-state index in [1.165, 1.54) is 19.1 Å². The predicted octanol–water partition coefficient (Wildman–Crippen LogP) is 1.29. The molecular weight excluding hydrogens is 248 g/mol. The highest BCUT2D eigenvalue weighted by Gasteiger charge is 2.25. The minimum atomic E-state index is -1.50. The van der Waals surface area contributed by atoms with Crippen molar-refractivity contribution in [2.24, 2.45) is 5.92 Å². The van der Waals surface area contributed by atoms with Crippen LogP contribution in [0.3, 0.4) is 0 Å². The summed E-state index contributed by atoms with van der Waals surface area (Å²) in [4.78, 5) is 11.3. The first-order chi connectivity index (χ1) is 8.77. The summed E-state index contributed by atoms with van der Waals surface area (Å²) in [5, 5.41) is 28.7. The molecule has 106 valence electrons. The minimum Gasteiger partial charge on any atom is -0.508 e. The maximum atomic E-state index is 11.3. The van der Waals surface area contributed by atoms with Gasteiger partial charge in [-0.15, -0.1) is 0 Å². The van der Waals surface area contributed by atoms with Crippen molar-refractivity contribution in [3.8, 4) is 5.75 Å². The van der Waals surface area contributed by atoms with E-state index in [2.05, 4.69) is 0 Å². The van der Waals surface area contributed by atoms with Crippen LogP contribution in [0.2, 0.25) is 0 Å². The fourth-order valence-corrected chi connectivity index (χ4v) is 1.53.